The highest BCUT2D eigenvalue weighted by Gasteiger charge is 2.16. The van der Waals surface area contributed by atoms with Crippen molar-refractivity contribution in [2.45, 2.75) is 31.7 Å². The summed E-state index contributed by atoms with van der Waals surface area (Å²) in [7, 11) is 0. The Hall–Kier alpha value is -1.62. The second kappa shape index (κ2) is 6.35. The van der Waals surface area contributed by atoms with E-state index in [-0.39, 0.29) is 17.6 Å². The van der Waals surface area contributed by atoms with E-state index < -0.39 is 10.3 Å². The summed E-state index contributed by atoms with van der Waals surface area (Å²) >= 11 is 5.97. The molecule has 0 aliphatic heterocycles. The fourth-order valence-electron chi connectivity index (χ4n) is 1.43. The monoisotopic (exact) mass is 270 g/mol. The lowest BCUT2D eigenvalue weighted by atomic mass is 10.1. The van der Waals surface area contributed by atoms with Gasteiger partial charge in [0.25, 0.3) is 5.69 Å². The van der Waals surface area contributed by atoms with Gasteiger partial charge in [-0.1, -0.05) is 12.1 Å². The SMILES string of the molecule is CC(C)NC(=O)C(Cl)Cc1ccc([N+](=O)[O-])cc1. The molecule has 0 heterocycles. The zero-order valence-electron chi connectivity index (χ0n) is 10.2. The molecule has 1 atom stereocenters. The molecule has 0 aliphatic carbocycles. The number of benzene rings is 1. The summed E-state index contributed by atoms with van der Waals surface area (Å²) in [6.07, 6.45) is 0.345. The minimum Gasteiger partial charge on any atom is -0.353 e. The maximum Gasteiger partial charge on any atom is 0.269 e. The molecule has 0 saturated heterocycles. The van der Waals surface area contributed by atoms with Crippen molar-refractivity contribution < 1.29 is 9.72 Å². The Morgan fingerprint density at radius 2 is 1.94 bits per heavy atom. The van der Waals surface area contributed by atoms with E-state index in [1.54, 1.807) is 12.1 Å². The zero-order chi connectivity index (χ0) is 13.7. The average molecular weight is 271 g/mol. The lowest BCUT2D eigenvalue weighted by Gasteiger charge is -2.12. The van der Waals surface area contributed by atoms with E-state index in [0.29, 0.717) is 6.42 Å². The Balaban J connectivity index is 2.61. The van der Waals surface area contributed by atoms with Gasteiger partial charge >= 0.3 is 0 Å². The van der Waals surface area contributed by atoms with Crippen LogP contribution in [0.1, 0.15) is 19.4 Å². The summed E-state index contributed by atoms with van der Waals surface area (Å²) < 4.78 is 0. The summed E-state index contributed by atoms with van der Waals surface area (Å²) in [5.74, 6) is -0.231. The standard InChI is InChI=1S/C12H15ClN2O3/c1-8(2)14-12(16)11(13)7-9-3-5-10(6-4-9)15(17)18/h3-6,8,11H,7H2,1-2H3,(H,14,16). The first-order chi connectivity index (χ1) is 8.40. The van der Waals surface area contributed by atoms with Crippen LogP contribution in [0.25, 0.3) is 0 Å². The van der Waals surface area contributed by atoms with E-state index in [0.717, 1.165) is 5.56 Å². The van der Waals surface area contributed by atoms with Crippen LogP contribution in [0.2, 0.25) is 0 Å². The molecule has 6 heteroatoms. The Kier molecular flexibility index (Phi) is 5.09. The van der Waals surface area contributed by atoms with Gasteiger partial charge in [0, 0.05) is 18.2 Å². The zero-order valence-corrected chi connectivity index (χ0v) is 11.0. The summed E-state index contributed by atoms with van der Waals surface area (Å²) in [6, 6.07) is 6.06. The molecule has 0 aliphatic rings. The normalized spacial score (nSPS) is 12.2. The molecule has 1 aromatic rings. The number of nitro groups is 1. The summed E-state index contributed by atoms with van der Waals surface area (Å²) in [4.78, 5) is 21.6. The van der Waals surface area contributed by atoms with Crippen LogP contribution in [-0.4, -0.2) is 22.2 Å². The molecule has 1 aromatic carbocycles. The molecule has 0 bridgehead atoms. The summed E-state index contributed by atoms with van der Waals surface area (Å²) in [5, 5.41) is 12.5. The van der Waals surface area contributed by atoms with Crippen LogP contribution in [-0.2, 0) is 11.2 Å². The molecule has 1 N–H and O–H groups in total. The van der Waals surface area contributed by atoms with Gasteiger partial charge in [-0.3, -0.25) is 14.9 Å². The maximum atomic E-state index is 11.6. The number of hydrogen-bond acceptors (Lipinski definition) is 3. The van der Waals surface area contributed by atoms with E-state index in [4.69, 9.17) is 11.6 Å². The molecule has 1 unspecified atom stereocenters. The van der Waals surface area contributed by atoms with Crippen LogP contribution in [0.15, 0.2) is 24.3 Å². The third-order valence-electron chi connectivity index (χ3n) is 2.28. The van der Waals surface area contributed by atoms with Gasteiger partial charge in [-0.15, -0.1) is 11.6 Å². The Bertz CT molecular complexity index is 431. The van der Waals surface area contributed by atoms with Crippen molar-refractivity contribution in [2.24, 2.45) is 0 Å². The van der Waals surface area contributed by atoms with Crippen molar-refractivity contribution in [3.63, 3.8) is 0 Å². The van der Waals surface area contributed by atoms with Gasteiger partial charge in [0.05, 0.1) is 4.92 Å². The second-order valence-corrected chi connectivity index (χ2v) is 4.79. The molecule has 0 radical (unpaired) electrons. The fraction of sp³-hybridized carbons (Fsp3) is 0.417. The number of carbonyl (C=O) groups excluding carboxylic acids is 1. The van der Waals surface area contributed by atoms with Gasteiger partial charge < -0.3 is 5.32 Å². The molecule has 5 nitrogen and oxygen atoms in total. The van der Waals surface area contributed by atoms with Crippen LogP contribution >= 0.6 is 11.6 Å². The van der Waals surface area contributed by atoms with Crippen molar-refractivity contribution in [3.8, 4) is 0 Å². The van der Waals surface area contributed by atoms with E-state index in [1.807, 2.05) is 13.8 Å². The molecule has 0 aromatic heterocycles. The van der Waals surface area contributed by atoms with Crippen molar-refractivity contribution in [1.29, 1.82) is 0 Å². The van der Waals surface area contributed by atoms with Gasteiger partial charge in [-0.25, -0.2) is 0 Å². The highest BCUT2D eigenvalue weighted by atomic mass is 35.5. The Labute approximate surface area is 110 Å². The van der Waals surface area contributed by atoms with E-state index in [1.165, 1.54) is 12.1 Å². The molecule has 0 spiro atoms. The first-order valence-electron chi connectivity index (χ1n) is 5.58. The third-order valence-corrected chi connectivity index (χ3v) is 2.63. The van der Waals surface area contributed by atoms with Crippen LogP contribution in [0.4, 0.5) is 5.69 Å². The topological polar surface area (TPSA) is 72.2 Å². The van der Waals surface area contributed by atoms with Gasteiger partial charge in [-0.2, -0.15) is 0 Å². The minimum atomic E-state index is -0.672. The van der Waals surface area contributed by atoms with Crippen LogP contribution in [0.3, 0.4) is 0 Å². The summed E-state index contributed by atoms with van der Waals surface area (Å²) in [5.41, 5.74) is 0.816. The predicted octanol–water partition coefficient (Wildman–Crippen LogP) is 2.27. The summed E-state index contributed by atoms with van der Waals surface area (Å²) in [6.45, 7) is 3.71. The number of nitrogens with one attached hydrogen (secondary N) is 1. The van der Waals surface area contributed by atoms with Crippen LogP contribution in [0.5, 0.6) is 0 Å². The van der Waals surface area contributed by atoms with Crippen molar-refractivity contribution in [2.75, 3.05) is 0 Å². The molecule has 18 heavy (non-hydrogen) atoms. The third kappa shape index (κ3) is 4.33. The average Bonchev–Trinajstić information content (AvgIpc) is 2.28. The van der Waals surface area contributed by atoms with Crippen molar-refractivity contribution >= 4 is 23.2 Å². The number of rotatable bonds is 5. The molecule has 1 amide bonds. The number of non-ortho nitro benzene ring substituents is 1. The fourth-order valence-corrected chi connectivity index (χ4v) is 1.67. The highest BCUT2D eigenvalue weighted by Crippen LogP contribution is 2.15. The number of halogens is 1. The van der Waals surface area contributed by atoms with Gasteiger partial charge in [0.15, 0.2) is 0 Å². The number of carbonyl (C=O) groups is 1. The van der Waals surface area contributed by atoms with E-state index in [2.05, 4.69) is 5.32 Å². The van der Waals surface area contributed by atoms with Gasteiger partial charge in [0.2, 0.25) is 5.91 Å². The lowest BCUT2D eigenvalue weighted by molar-refractivity contribution is -0.384. The maximum absolute atomic E-state index is 11.6. The van der Waals surface area contributed by atoms with E-state index >= 15 is 0 Å². The molecule has 1 rings (SSSR count). The van der Waals surface area contributed by atoms with E-state index in [9.17, 15) is 14.9 Å². The largest absolute Gasteiger partial charge is 0.353 e. The van der Waals surface area contributed by atoms with Gasteiger partial charge in [-0.05, 0) is 25.8 Å². The van der Waals surface area contributed by atoms with Crippen molar-refractivity contribution in [3.05, 3.63) is 39.9 Å². The van der Waals surface area contributed by atoms with Gasteiger partial charge in [0.1, 0.15) is 5.38 Å². The number of hydrogen-bond donors (Lipinski definition) is 1. The molecule has 0 fully saturated rings. The predicted molar refractivity (Wildman–Crippen MR) is 69.7 cm³/mol. The second-order valence-electron chi connectivity index (χ2n) is 4.26. The van der Waals surface area contributed by atoms with Crippen molar-refractivity contribution in [1.82, 2.24) is 5.32 Å². The highest BCUT2D eigenvalue weighted by molar-refractivity contribution is 6.30. The first-order valence-corrected chi connectivity index (χ1v) is 6.01. The Morgan fingerprint density at radius 1 is 1.39 bits per heavy atom. The molecular formula is C12H15ClN2O3. The molecular weight excluding hydrogens is 256 g/mol. The van der Waals surface area contributed by atoms with Crippen LogP contribution in [0, 0.1) is 10.1 Å². The smallest absolute Gasteiger partial charge is 0.269 e. The first kappa shape index (κ1) is 14.4. The Morgan fingerprint density at radius 3 is 2.39 bits per heavy atom. The molecule has 98 valence electrons. The molecule has 0 saturated carbocycles. The number of amides is 1. The lowest BCUT2D eigenvalue weighted by Crippen LogP contribution is -2.37. The number of nitrogens with zero attached hydrogens (tertiary/aromatic N) is 1. The minimum absolute atomic E-state index is 0.0245. The van der Waals surface area contributed by atoms with Crippen LogP contribution < -0.4 is 5.32 Å². The number of nitro benzene ring substituents is 1. The number of alkyl halides is 1. The quantitative estimate of drug-likeness (QED) is 0.507.